The number of carbonyl (C=O) groups is 2. The second-order valence-electron chi connectivity index (χ2n) is 4.83. The van der Waals surface area contributed by atoms with Crippen LogP contribution in [-0.4, -0.2) is 37.0 Å². The van der Waals surface area contributed by atoms with Crippen LogP contribution < -0.4 is 10.6 Å². The van der Waals surface area contributed by atoms with Gasteiger partial charge in [-0.25, -0.2) is 4.79 Å². The minimum Gasteiger partial charge on any atom is -0.456 e. The first-order valence-corrected chi connectivity index (χ1v) is 6.57. The van der Waals surface area contributed by atoms with Gasteiger partial charge in [0.2, 0.25) is 5.91 Å². The minimum absolute atomic E-state index is 0.0214. The number of rotatable bonds is 6. The molecule has 0 bridgehead atoms. The number of nitrogens with one attached hydrogen (secondary N) is 2. The summed E-state index contributed by atoms with van der Waals surface area (Å²) in [6, 6.07) is 9.38. The van der Waals surface area contributed by atoms with Crippen molar-refractivity contribution in [3.8, 4) is 0 Å². The SMILES string of the molecule is O=C(CNCC1CC(F)(F)C(=O)O1)NCc1ccccc1. The lowest BCUT2D eigenvalue weighted by Crippen LogP contribution is -2.37. The fourth-order valence-electron chi connectivity index (χ4n) is 1.97. The van der Waals surface area contributed by atoms with Crippen molar-refractivity contribution in [2.24, 2.45) is 0 Å². The molecule has 0 saturated carbocycles. The Balaban J connectivity index is 1.63. The van der Waals surface area contributed by atoms with Crippen molar-refractivity contribution in [3.63, 3.8) is 0 Å². The van der Waals surface area contributed by atoms with E-state index >= 15 is 0 Å². The molecule has 1 unspecified atom stereocenters. The summed E-state index contributed by atoms with van der Waals surface area (Å²) in [7, 11) is 0. The molecular weight excluding hydrogens is 282 g/mol. The average Bonchev–Trinajstić information content (AvgIpc) is 2.71. The fraction of sp³-hybridized carbons (Fsp3) is 0.429. The van der Waals surface area contributed by atoms with Gasteiger partial charge in [-0.3, -0.25) is 4.79 Å². The van der Waals surface area contributed by atoms with E-state index in [9.17, 15) is 18.4 Å². The zero-order chi connectivity index (χ0) is 15.3. The molecule has 0 aliphatic carbocycles. The predicted molar refractivity (Wildman–Crippen MR) is 70.6 cm³/mol. The van der Waals surface area contributed by atoms with Gasteiger partial charge in [0.15, 0.2) is 0 Å². The van der Waals surface area contributed by atoms with Crippen LogP contribution in [0.15, 0.2) is 30.3 Å². The summed E-state index contributed by atoms with van der Waals surface area (Å²) in [5.41, 5.74) is 0.968. The predicted octanol–water partition coefficient (Wildman–Crippen LogP) is 0.843. The van der Waals surface area contributed by atoms with Crippen LogP contribution in [0.4, 0.5) is 8.78 Å². The lowest BCUT2D eigenvalue weighted by atomic mass is 10.2. The molecule has 114 valence electrons. The van der Waals surface area contributed by atoms with E-state index < -0.39 is 24.4 Å². The monoisotopic (exact) mass is 298 g/mol. The maximum atomic E-state index is 12.9. The van der Waals surface area contributed by atoms with Crippen molar-refractivity contribution >= 4 is 11.9 Å². The van der Waals surface area contributed by atoms with Crippen molar-refractivity contribution in [3.05, 3.63) is 35.9 Å². The van der Waals surface area contributed by atoms with E-state index in [1.807, 2.05) is 30.3 Å². The molecule has 1 saturated heterocycles. The number of alkyl halides is 2. The first-order valence-electron chi connectivity index (χ1n) is 6.57. The summed E-state index contributed by atoms with van der Waals surface area (Å²) in [6.45, 7) is 0.407. The van der Waals surface area contributed by atoms with E-state index in [0.29, 0.717) is 6.54 Å². The summed E-state index contributed by atoms with van der Waals surface area (Å²) >= 11 is 0. The van der Waals surface area contributed by atoms with Crippen LogP contribution in [-0.2, 0) is 20.9 Å². The van der Waals surface area contributed by atoms with Gasteiger partial charge in [-0.2, -0.15) is 8.78 Å². The number of esters is 1. The highest BCUT2D eigenvalue weighted by atomic mass is 19.3. The zero-order valence-corrected chi connectivity index (χ0v) is 11.3. The largest absolute Gasteiger partial charge is 0.456 e. The molecule has 2 rings (SSSR count). The average molecular weight is 298 g/mol. The summed E-state index contributed by atoms with van der Waals surface area (Å²) in [5.74, 6) is -5.17. The molecule has 5 nitrogen and oxygen atoms in total. The van der Waals surface area contributed by atoms with Crippen LogP contribution in [0.3, 0.4) is 0 Å². The van der Waals surface area contributed by atoms with Crippen molar-refractivity contribution in [2.45, 2.75) is 25.0 Å². The van der Waals surface area contributed by atoms with Gasteiger partial charge < -0.3 is 15.4 Å². The Hall–Kier alpha value is -2.02. The van der Waals surface area contributed by atoms with Crippen LogP contribution in [0.2, 0.25) is 0 Å². The molecular formula is C14H16F2N2O3. The van der Waals surface area contributed by atoms with Gasteiger partial charge in [0.05, 0.1) is 13.0 Å². The Morgan fingerprint density at radius 1 is 1.33 bits per heavy atom. The summed E-state index contributed by atoms with van der Waals surface area (Å²) < 4.78 is 30.3. The van der Waals surface area contributed by atoms with Gasteiger partial charge in [0.25, 0.3) is 0 Å². The Bertz CT molecular complexity index is 508. The Morgan fingerprint density at radius 3 is 2.67 bits per heavy atom. The second kappa shape index (κ2) is 6.62. The quantitative estimate of drug-likeness (QED) is 0.764. The molecule has 0 spiro atoms. The molecule has 2 N–H and O–H groups in total. The highest BCUT2D eigenvalue weighted by Crippen LogP contribution is 2.30. The number of ether oxygens (including phenoxy) is 1. The van der Waals surface area contributed by atoms with E-state index in [4.69, 9.17) is 0 Å². The molecule has 1 aliphatic heterocycles. The van der Waals surface area contributed by atoms with Gasteiger partial charge in [-0.15, -0.1) is 0 Å². The van der Waals surface area contributed by atoms with Crippen molar-refractivity contribution < 1.29 is 23.1 Å². The van der Waals surface area contributed by atoms with Gasteiger partial charge >= 0.3 is 11.9 Å². The molecule has 21 heavy (non-hydrogen) atoms. The molecule has 0 aromatic heterocycles. The van der Waals surface area contributed by atoms with E-state index in [2.05, 4.69) is 15.4 Å². The first kappa shape index (κ1) is 15.4. The maximum Gasteiger partial charge on any atom is 0.377 e. The van der Waals surface area contributed by atoms with Crippen molar-refractivity contribution in [1.29, 1.82) is 0 Å². The van der Waals surface area contributed by atoms with E-state index in [1.165, 1.54) is 0 Å². The molecule has 1 atom stereocenters. The molecule has 1 heterocycles. The smallest absolute Gasteiger partial charge is 0.377 e. The van der Waals surface area contributed by atoms with Crippen LogP contribution in [0.1, 0.15) is 12.0 Å². The fourth-order valence-corrected chi connectivity index (χ4v) is 1.97. The first-order chi connectivity index (χ1) is 9.97. The Labute approximate surface area is 120 Å². The summed E-state index contributed by atoms with van der Waals surface area (Å²) in [6.07, 6.45) is -1.54. The zero-order valence-electron chi connectivity index (χ0n) is 11.3. The van der Waals surface area contributed by atoms with Crippen LogP contribution in [0, 0.1) is 0 Å². The third-order valence-electron chi connectivity index (χ3n) is 3.05. The van der Waals surface area contributed by atoms with Gasteiger partial charge in [0, 0.05) is 13.1 Å². The van der Waals surface area contributed by atoms with Gasteiger partial charge in [-0.1, -0.05) is 30.3 Å². The highest BCUT2D eigenvalue weighted by Gasteiger charge is 2.50. The lowest BCUT2D eigenvalue weighted by Gasteiger charge is -2.10. The number of hydrogen-bond acceptors (Lipinski definition) is 4. The summed E-state index contributed by atoms with van der Waals surface area (Å²) in [4.78, 5) is 22.3. The second-order valence-corrected chi connectivity index (χ2v) is 4.83. The van der Waals surface area contributed by atoms with Crippen molar-refractivity contribution in [2.75, 3.05) is 13.1 Å². The third-order valence-corrected chi connectivity index (χ3v) is 3.05. The molecule has 7 heteroatoms. The lowest BCUT2D eigenvalue weighted by molar-refractivity contribution is -0.158. The third kappa shape index (κ3) is 4.49. The van der Waals surface area contributed by atoms with Gasteiger partial charge in [-0.05, 0) is 5.56 Å². The van der Waals surface area contributed by atoms with Crippen LogP contribution >= 0.6 is 0 Å². The highest BCUT2D eigenvalue weighted by molar-refractivity contribution is 5.80. The molecule has 1 fully saturated rings. The Kier molecular flexibility index (Phi) is 4.85. The van der Waals surface area contributed by atoms with Gasteiger partial charge in [0.1, 0.15) is 6.10 Å². The number of amides is 1. The number of benzene rings is 1. The number of carbonyl (C=O) groups excluding carboxylic acids is 2. The van der Waals surface area contributed by atoms with Crippen LogP contribution in [0.25, 0.3) is 0 Å². The van der Waals surface area contributed by atoms with Crippen molar-refractivity contribution in [1.82, 2.24) is 10.6 Å². The minimum atomic E-state index is -3.41. The molecule has 1 aliphatic rings. The number of halogens is 2. The van der Waals surface area contributed by atoms with E-state index in [1.54, 1.807) is 0 Å². The topological polar surface area (TPSA) is 67.4 Å². The van der Waals surface area contributed by atoms with Crippen LogP contribution in [0.5, 0.6) is 0 Å². The Morgan fingerprint density at radius 2 is 2.05 bits per heavy atom. The maximum absolute atomic E-state index is 12.9. The molecule has 1 amide bonds. The molecule has 0 radical (unpaired) electrons. The standard InChI is InChI=1S/C14H16F2N2O3/c15-14(16)6-11(21-13(14)20)8-17-9-12(19)18-7-10-4-2-1-3-5-10/h1-5,11,17H,6-9H2,(H,18,19). The van der Waals surface area contributed by atoms with E-state index in [0.717, 1.165) is 5.56 Å². The normalized spacial score (nSPS) is 20.1. The summed E-state index contributed by atoms with van der Waals surface area (Å²) in [5, 5.41) is 5.39. The number of cyclic esters (lactones) is 1. The van der Waals surface area contributed by atoms with E-state index in [-0.39, 0.29) is 19.0 Å². The molecule has 1 aromatic rings. The molecule has 1 aromatic carbocycles. The number of hydrogen-bond donors (Lipinski definition) is 2.